The molecule has 4 aliphatic rings. The Balaban J connectivity index is 1.53. The molecule has 0 saturated heterocycles. The molecule has 1 amide bonds. The summed E-state index contributed by atoms with van der Waals surface area (Å²) in [4.78, 5) is 13.9. The molecule has 0 aromatic carbocycles. The molecule has 4 fully saturated rings. The van der Waals surface area contributed by atoms with Gasteiger partial charge in [-0.1, -0.05) is 33.9 Å². The quantitative estimate of drug-likeness (QED) is 0.547. The molecule has 0 aromatic rings. The van der Waals surface area contributed by atoms with Gasteiger partial charge in [0.05, 0.1) is 18.3 Å². The number of rotatable bonds is 6. The van der Waals surface area contributed by atoms with Crippen molar-refractivity contribution in [1.29, 1.82) is 0 Å². The Morgan fingerprint density at radius 3 is 2.42 bits per heavy atom. The van der Waals surface area contributed by atoms with Crippen molar-refractivity contribution in [2.24, 2.45) is 46.3 Å². The fourth-order valence-electron chi connectivity index (χ4n) is 9.09. The maximum absolute atomic E-state index is 12.5. The Kier molecular flexibility index (Phi) is 6.90. The Hall–Kier alpha value is -1.17. The number of amides is 1. The average molecular weight is 460 g/mol. The first kappa shape index (κ1) is 24.9. The van der Waals surface area contributed by atoms with Crippen molar-refractivity contribution in [3.8, 4) is 0 Å². The van der Waals surface area contributed by atoms with Gasteiger partial charge in [-0.25, -0.2) is 0 Å². The monoisotopic (exact) mass is 459 g/mol. The molecule has 5 heteroatoms. The second kappa shape index (κ2) is 9.13. The SMILES string of the molecule is C=CN(C=C)C(=O)CC[C@@H](C)[C@H]1CC[C@H]2[C@@H]3[C@H](O)C[C@@H]4C[C@H](O)CC[C@]4(C)[C@H]3C[C@H](O)[C@]12C. The van der Waals surface area contributed by atoms with Crippen LogP contribution in [-0.4, -0.2) is 44.4 Å². The minimum absolute atomic E-state index is 0.0111. The molecular weight excluding hydrogens is 414 g/mol. The van der Waals surface area contributed by atoms with Gasteiger partial charge in [0.1, 0.15) is 0 Å². The van der Waals surface area contributed by atoms with E-state index in [2.05, 4.69) is 33.9 Å². The molecule has 4 saturated carbocycles. The van der Waals surface area contributed by atoms with Crippen molar-refractivity contribution in [2.75, 3.05) is 0 Å². The highest BCUT2D eigenvalue weighted by atomic mass is 16.3. The lowest BCUT2D eigenvalue weighted by Gasteiger charge is -2.63. The Bertz CT molecular complexity index is 761. The first-order chi connectivity index (χ1) is 15.6. The van der Waals surface area contributed by atoms with Crippen molar-refractivity contribution < 1.29 is 20.1 Å². The lowest BCUT2D eigenvalue weighted by molar-refractivity contribution is -0.207. The Morgan fingerprint density at radius 2 is 1.76 bits per heavy atom. The van der Waals surface area contributed by atoms with Gasteiger partial charge in [0.15, 0.2) is 0 Å². The number of aliphatic hydroxyl groups excluding tert-OH is 3. The van der Waals surface area contributed by atoms with Gasteiger partial charge in [0, 0.05) is 18.8 Å². The molecule has 4 aliphatic carbocycles. The summed E-state index contributed by atoms with van der Waals surface area (Å²) in [5, 5.41) is 33.3. The third-order valence-corrected chi connectivity index (χ3v) is 11.0. The van der Waals surface area contributed by atoms with E-state index in [0.29, 0.717) is 36.0 Å². The molecule has 0 unspecified atom stereocenters. The van der Waals surface area contributed by atoms with E-state index in [9.17, 15) is 20.1 Å². The maximum Gasteiger partial charge on any atom is 0.230 e. The van der Waals surface area contributed by atoms with Crippen LogP contribution < -0.4 is 0 Å². The van der Waals surface area contributed by atoms with Gasteiger partial charge in [0.2, 0.25) is 5.91 Å². The normalized spacial score (nSPS) is 47.6. The Morgan fingerprint density at radius 1 is 1.06 bits per heavy atom. The van der Waals surface area contributed by atoms with Gasteiger partial charge >= 0.3 is 0 Å². The first-order valence-corrected chi connectivity index (χ1v) is 13.2. The lowest BCUT2D eigenvalue weighted by atomic mass is 9.43. The number of aliphatic hydroxyl groups is 3. The van der Waals surface area contributed by atoms with Crippen LogP contribution in [0.25, 0.3) is 0 Å². The topological polar surface area (TPSA) is 81.0 Å². The first-order valence-electron chi connectivity index (χ1n) is 13.2. The van der Waals surface area contributed by atoms with Gasteiger partial charge in [-0.05, 0) is 97.7 Å². The van der Waals surface area contributed by atoms with Crippen molar-refractivity contribution in [3.63, 3.8) is 0 Å². The summed E-state index contributed by atoms with van der Waals surface area (Å²) in [7, 11) is 0. The summed E-state index contributed by atoms with van der Waals surface area (Å²) in [5.74, 6) is 1.87. The minimum Gasteiger partial charge on any atom is -0.393 e. The molecule has 3 N–H and O–H groups in total. The van der Waals surface area contributed by atoms with Crippen molar-refractivity contribution >= 4 is 5.91 Å². The van der Waals surface area contributed by atoms with Gasteiger partial charge < -0.3 is 15.3 Å². The van der Waals surface area contributed by atoms with E-state index in [1.807, 2.05) is 0 Å². The number of nitrogens with zero attached hydrogens (tertiary/aromatic N) is 1. The number of carbonyl (C=O) groups is 1. The number of hydrogen-bond donors (Lipinski definition) is 3. The number of fused-ring (bicyclic) bond motifs is 5. The van der Waals surface area contributed by atoms with E-state index < -0.39 is 0 Å². The predicted molar refractivity (Wildman–Crippen MR) is 130 cm³/mol. The van der Waals surface area contributed by atoms with Crippen LogP contribution in [0.2, 0.25) is 0 Å². The van der Waals surface area contributed by atoms with E-state index in [-0.39, 0.29) is 41.0 Å². The van der Waals surface area contributed by atoms with Crippen LogP contribution in [0, 0.1) is 46.3 Å². The molecular formula is C28H45NO4. The average Bonchev–Trinajstić information content (AvgIpc) is 3.13. The summed E-state index contributed by atoms with van der Waals surface area (Å²) >= 11 is 0. The van der Waals surface area contributed by atoms with E-state index in [4.69, 9.17) is 0 Å². The standard InChI is InChI=1S/C28H45NO4/c1-6-29(7-2)25(33)11-8-17(3)20-9-10-21-26-22(16-24(32)28(20,21)5)27(4)13-12-19(30)14-18(27)15-23(26)31/h6-7,17-24,26,30-32H,1-2,8-16H2,3-5H3/t17-,18+,19-,20-,21+,22+,23-,24+,26+,27+,28-/m1/s1. The van der Waals surface area contributed by atoms with E-state index >= 15 is 0 Å². The third kappa shape index (κ3) is 3.92. The van der Waals surface area contributed by atoms with E-state index in [1.54, 1.807) is 0 Å². The summed E-state index contributed by atoms with van der Waals surface area (Å²) < 4.78 is 0. The van der Waals surface area contributed by atoms with Crippen LogP contribution in [-0.2, 0) is 4.79 Å². The van der Waals surface area contributed by atoms with Crippen LogP contribution in [0.15, 0.2) is 25.6 Å². The summed E-state index contributed by atoms with van der Waals surface area (Å²) in [6.07, 6.45) is 9.50. The van der Waals surface area contributed by atoms with Gasteiger partial charge in [-0.3, -0.25) is 9.69 Å². The van der Waals surface area contributed by atoms with Gasteiger partial charge in [-0.15, -0.1) is 0 Å². The molecule has 0 aromatic heterocycles. The highest BCUT2D eigenvalue weighted by molar-refractivity contribution is 5.78. The summed E-state index contributed by atoms with van der Waals surface area (Å²) in [6.45, 7) is 14.2. The molecule has 186 valence electrons. The molecule has 0 radical (unpaired) electrons. The highest BCUT2D eigenvalue weighted by Gasteiger charge is 2.65. The lowest BCUT2D eigenvalue weighted by Crippen LogP contribution is -2.62. The van der Waals surface area contributed by atoms with E-state index in [0.717, 1.165) is 51.4 Å². The summed E-state index contributed by atoms with van der Waals surface area (Å²) in [5.41, 5.74) is -0.126. The Labute approximate surface area is 199 Å². The zero-order valence-electron chi connectivity index (χ0n) is 20.8. The van der Waals surface area contributed by atoms with Crippen LogP contribution >= 0.6 is 0 Å². The third-order valence-electron chi connectivity index (χ3n) is 11.0. The zero-order valence-corrected chi connectivity index (χ0v) is 20.8. The molecule has 4 rings (SSSR count). The minimum atomic E-state index is -0.387. The number of hydrogen-bond acceptors (Lipinski definition) is 4. The maximum atomic E-state index is 12.5. The van der Waals surface area contributed by atoms with E-state index in [1.165, 1.54) is 17.3 Å². The highest BCUT2D eigenvalue weighted by Crippen LogP contribution is 2.68. The fourth-order valence-corrected chi connectivity index (χ4v) is 9.09. The van der Waals surface area contributed by atoms with Crippen LogP contribution in [0.4, 0.5) is 0 Å². The molecule has 0 aliphatic heterocycles. The molecule has 0 heterocycles. The second-order valence-corrected chi connectivity index (χ2v) is 12.2. The predicted octanol–water partition coefficient (Wildman–Crippen LogP) is 4.48. The number of carbonyl (C=O) groups excluding carboxylic acids is 1. The van der Waals surface area contributed by atoms with Gasteiger partial charge in [-0.2, -0.15) is 0 Å². The smallest absolute Gasteiger partial charge is 0.230 e. The molecule has 5 nitrogen and oxygen atoms in total. The van der Waals surface area contributed by atoms with Crippen LogP contribution in [0.1, 0.15) is 78.6 Å². The summed E-state index contributed by atoms with van der Waals surface area (Å²) in [6, 6.07) is 0. The van der Waals surface area contributed by atoms with Crippen molar-refractivity contribution in [1.82, 2.24) is 4.90 Å². The molecule has 0 spiro atoms. The van der Waals surface area contributed by atoms with Crippen LogP contribution in [0.3, 0.4) is 0 Å². The second-order valence-electron chi connectivity index (χ2n) is 12.2. The largest absolute Gasteiger partial charge is 0.393 e. The zero-order chi connectivity index (χ0) is 24.1. The molecule has 33 heavy (non-hydrogen) atoms. The molecule has 0 bridgehead atoms. The van der Waals surface area contributed by atoms with Crippen LogP contribution in [0.5, 0.6) is 0 Å². The fraction of sp³-hybridized carbons (Fsp3) is 0.821. The van der Waals surface area contributed by atoms with Crippen molar-refractivity contribution in [3.05, 3.63) is 25.6 Å². The van der Waals surface area contributed by atoms with Gasteiger partial charge in [0.25, 0.3) is 0 Å². The molecule has 11 atom stereocenters. The van der Waals surface area contributed by atoms with Crippen molar-refractivity contribution in [2.45, 2.75) is 96.9 Å².